The lowest BCUT2D eigenvalue weighted by Gasteiger charge is -1.96. The smallest absolute Gasteiger partial charge is 0.356 e. The van der Waals surface area contributed by atoms with Crippen LogP contribution in [0.3, 0.4) is 0 Å². The molecule has 10 heavy (non-hydrogen) atoms. The minimum Gasteiger partial charge on any atom is -0.461 e. The van der Waals surface area contributed by atoms with E-state index in [1.807, 2.05) is 0 Å². The molecule has 0 saturated carbocycles. The first kappa shape index (κ1) is 7.05. The molecule has 1 heterocycles. The topological polar surface area (TPSA) is 47.9 Å². The van der Waals surface area contributed by atoms with Crippen LogP contribution in [0.25, 0.3) is 0 Å². The molecule has 0 N–H and O–H groups in total. The van der Waals surface area contributed by atoms with Gasteiger partial charge in [-0.2, -0.15) is 0 Å². The second kappa shape index (κ2) is 3.20. The highest BCUT2D eigenvalue weighted by Crippen LogP contribution is 2.00. The average molecular weight is 143 g/mol. The summed E-state index contributed by atoms with van der Waals surface area (Å²) in [5, 5.41) is 3.50. The second-order valence-electron chi connectivity index (χ2n) is 1.84. The van der Waals surface area contributed by atoms with Crippen molar-refractivity contribution >= 4 is 11.7 Å². The lowest BCUT2D eigenvalue weighted by atomic mass is 10.3. The molecule has 0 atom stereocenters. The van der Waals surface area contributed by atoms with Crippen LogP contribution in [0.15, 0.2) is 5.16 Å². The van der Waals surface area contributed by atoms with Gasteiger partial charge in [0.1, 0.15) is 6.61 Å². The van der Waals surface area contributed by atoms with Crippen molar-refractivity contribution in [2.24, 2.45) is 5.16 Å². The molecule has 0 radical (unpaired) electrons. The SMILES string of the molecule is CCOC(=O)C1=NOCC1. The molecule has 4 heteroatoms. The molecule has 1 rings (SSSR count). The van der Waals surface area contributed by atoms with Crippen molar-refractivity contribution in [3.05, 3.63) is 0 Å². The summed E-state index contributed by atoms with van der Waals surface area (Å²) in [5.41, 5.74) is 0.391. The van der Waals surface area contributed by atoms with Crippen molar-refractivity contribution in [2.45, 2.75) is 13.3 Å². The van der Waals surface area contributed by atoms with Gasteiger partial charge < -0.3 is 9.57 Å². The number of hydrogen-bond donors (Lipinski definition) is 0. The van der Waals surface area contributed by atoms with Crippen LogP contribution in [-0.2, 0) is 14.4 Å². The van der Waals surface area contributed by atoms with Gasteiger partial charge in [0.05, 0.1) is 6.61 Å². The Kier molecular flexibility index (Phi) is 2.25. The highest BCUT2D eigenvalue weighted by molar-refractivity contribution is 6.36. The molecule has 1 aliphatic rings. The molecule has 0 fully saturated rings. The molecule has 0 aromatic heterocycles. The summed E-state index contributed by atoms with van der Waals surface area (Å²) >= 11 is 0. The molecule has 0 spiro atoms. The zero-order valence-corrected chi connectivity index (χ0v) is 5.79. The molecule has 0 saturated heterocycles. The number of rotatable bonds is 2. The maximum absolute atomic E-state index is 10.8. The third-order valence-corrected chi connectivity index (χ3v) is 1.12. The first-order valence-electron chi connectivity index (χ1n) is 3.20. The standard InChI is InChI=1S/C6H9NO3/c1-2-9-6(8)5-3-4-10-7-5/h2-4H2,1H3. The molecule has 1 aliphatic heterocycles. The Labute approximate surface area is 58.8 Å². The molecule has 0 aromatic carbocycles. The third-order valence-electron chi connectivity index (χ3n) is 1.12. The molecule has 56 valence electrons. The van der Waals surface area contributed by atoms with Crippen molar-refractivity contribution in [3.8, 4) is 0 Å². The Balaban J connectivity index is 2.40. The van der Waals surface area contributed by atoms with E-state index in [-0.39, 0.29) is 5.97 Å². The first-order valence-corrected chi connectivity index (χ1v) is 3.20. The fraction of sp³-hybridized carbons (Fsp3) is 0.667. The molecule has 4 nitrogen and oxygen atoms in total. The number of oxime groups is 1. The number of hydrogen-bond acceptors (Lipinski definition) is 4. The van der Waals surface area contributed by atoms with E-state index < -0.39 is 0 Å². The summed E-state index contributed by atoms with van der Waals surface area (Å²) in [6, 6.07) is 0. The van der Waals surface area contributed by atoms with Crippen molar-refractivity contribution < 1.29 is 14.4 Å². The van der Waals surface area contributed by atoms with Crippen molar-refractivity contribution in [2.75, 3.05) is 13.2 Å². The molecule has 0 unspecified atom stereocenters. The highest BCUT2D eigenvalue weighted by atomic mass is 16.6. The van der Waals surface area contributed by atoms with E-state index in [1.165, 1.54) is 0 Å². The van der Waals surface area contributed by atoms with Gasteiger partial charge in [0.2, 0.25) is 0 Å². The summed E-state index contributed by atoms with van der Waals surface area (Å²) in [7, 11) is 0. The number of carbonyl (C=O) groups is 1. The van der Waals surface area contributed by atoms with E-state index in [1.54, 1.807) is 6.92 Å². The maximum atomic E-state index is 10.8. The minimum absolute atomic E-state index is 0.361. The predicted molar refractivity (Wildman–Crippen MR) is 34.6 cm³/mol. The maximum Gasteiger partial charge on any atom is 0.356 e. The number of esters is 1. The first-order chi connectivity index (χ1) is 4.84. The van der Waals surface area contributed by atoms with E-state index in [2.05, 4.69) is 14.7 Å². The van der Waals surface area contributed by atoms with Gasteiger partial charge in [0.25, 0.3) is 0 Å². The Hall–Kier alpha value is -1.06. The van der Waals surface area contributed by atoms with Gasteiger partial charge >= 0.3 is 5.97 Å². The molecular weight excluding hydrogens is 134 g/mol. The van der Waals surface area contributed by atoms with Gasteiger partial charge in [0.15, 0.2) is 5.71 Å². The zero-order valence-electron chi connectivity index (χ0n) is 5.79. The number of carbonyl (C=O) groups excluding carboxylic acids is 1. The lowest BCUT2D eigenvalue weighted by molar-refractivity contribution is -0.135. The van der Waals surface area contributed by atoms with Crippen LogP contribution in [0.4, 0.5) is 0 Å². The molecule has 0 amide bonds. The summed E-state index contributed by atoms with van der Waals surface area (Å²) < 4.78 is 4.68. The van der Waals surface area contributed by atoms with Gasteiger partial charge in [-0.15, -0.1) is 0 Å². The van der Waals surface area contributed by atoms with Gasteiger partial charge in [-0.3, -0.25) is 0 Å². The van der Waals surface area contributed by atoms with Crippen LogP contribution in [0.5, 0.6) is 0 Å². The Morgan fingerprint density at radius 3 is 3.20 bits per heavy atom. The average Bonchev–Trinajstić information content (AvgIpc) is 2.38. The van der Waals surface area contributed by atoms with E-state index in [0.29, 0.717) is 25.3 Å². The second-order valence-corrected chi connectivity index (χ2v) is 1.84. The van der Waals surface area contributed by atoms with Gasteiger partial charge in [-0.05, 0) is 6.92 Å². The summed E-state index contributed by atoms with van der Waals surface area (Å²) in [5.74, 6) is -0.361. The fourth-order valence-electron chi connectivity index (χ4n) is 0.665. The minimum atomic E-state index is -0.361. The summed E-state index contributed by atoms with van der Waals surface area (Å²) in [6.07, 6.45) is 0.568. The van der Waals surface area contributed by atoms with Crippen molar-refractivity contribution in [1.29, 1.82) is 0 Å². The number of ether oxygens (including phenoxy) is 1. The Morgan fingerprint density at radius 2 is 2.70 bits per heavy atom. The lowest BCUT2D eigenvalue weighted by Crippen LogP contribution is -2.15. The van der Waals surface area contributed by atoms with E-state index in [0.717, 1.165) is 0 Å². The van der Waals surface area contributed by atoms with Crippen LogP contribution in [-0.4, -0.2) is 24.9 Å². The normalized spacial score (nSPS) is 15.9. The van der Waals surface area contributed by atoms with Gasteiger partial charge in [0, 0.05) is 6.42 Å². The molecule has 0 bridgehead atoms. The largest absolute Gasteiger partial charge is 0.461 e. The van der Waals surface area contributed by atoms with E-state index in [9.17, 15) is 4.79 Å². The third kappa shape index (κ3) is 1.46. The van der Waals surface area contributed by atoms with Crippen LogP contribution in [0.1, 0.15) is 13.3 Å². The van der Waals surface area contributed by atoms with Crippen LogP contribution >= 0.6 is 0 Å². The van der Waals surface area contributed by atoms with Crippen LogP contribution < -0.4 is 0 Å². The summed E-state index contributed by atoms with van der Waals surface area (Å²) in [6.45, 7) is 2.64. The van der Waals surface area contributed by atoms with Crippen LogP contribution in [0.2, 0.25) is 0 Å². The predicted octanol–water partition coefficient (Wildman–Crippen LogP) is 0.326. The quantitative estimate of drug-likeness (QED) is 0.523. The summed E-state index contributed by atoms with van der Waals surface area (Å²) in [4.78, 5) is 15.4. The van der Waals surface area contributed by atoms with Gasteiger partial charge in [-0.25, -0.2) is 4.79 Å². The van der Waals surface area contributed by atoms with Gasteiger partial charge in [-0.1, -0.05) is 5.16 Å². The van der Waals surface area contributed by atoms with Crippen LogP contribution in [0, 0.1) is 0 Å². The molecule has 0 aromatic rings. The highest BCUT2D eigenvalue weighted by Gasteiger charge is 2.17. The van der Waals surface area contributed by atoms with E-state index >= 15 is 0 Å². The Bertz CT molecular complexity index is 164. The monoisotopic (exact) mass is 143 g/mol. The molecular formula is C6H9NO3. The zero-order chi connectivity index (χ0) is 7.40. The number of nitrogens with zero attached hydrogens (tertiary/aromatic N) is 1. The van der Waals surface area contributed by atoms with Crippen molar-refractivity contribution in [1.82, 2.24) is 0 Å². The fourth-order valence-corrected chi connectivity index (χ4v) is 0.665. The molecule has 0 aliphatic carbocycles. The van der Waals surface area contributed by atoms with Crippen molar-refractivity contribution in [3.63, 3.8) is 0 Å². The Morgan fingerprint density at radius 1 is 1.90 bits per heavy atom. The van der Waals surface area contributed by atoms with E-state index in [4.69, 9.17) is 0 Å².